The van der Waals surface area contributed by atoms with Gasteiger partial charge < -0.3 is 24.6 Å². The lowest BCUT2D eigenvalue weighted by Crippen LogP contribution is -2.29. The van der Waals surface area contributed by atoms with Gasteiger partial charge in [-0.15, -0.1) is 0 Å². The second-order valence-corrected chi connectivity index (χ2v) is 18.3. The standard InChI is InChI=1S/C47H95O9P/c1-3-5-7-9-11-13-15-17-19-20-21-22-23-24-25-26-27-29-31-33-35-37-39-47(50)56-46(44-55-57(51,52)54-42-45(49)41-48)43-53-40-38-36-34-32-30-28-18-16-14-12-10-8-6-4-2/h45-46,48-49H,3-44H2,1-2H3,(H,51,52). The van der Waals surface area contributed by atoms with E-state index < -0.39 is 33.2 Å². The highest BCUT2D eigenvalue weighted by atomic mass is 31.2. The van der Waals surface area contributed by atoms with Crippen LogP contribution in [0.15, 0.2) is 0 Å². The van der Waals surface area contributed by atoms with Crippen LogP contribution in [0.1, 0.15) is 251 Å². The Morgan fingerprint density at radius 3 is 1.14 bits per heavy atom. The smallest absolute Gasteiger partial charge is 0.457 e. The Morgan fingerprint density at radius 2 is 0.789 bits per heavy atom. The van der Waals surface area contributed by atoms with E-state index in [9.17, 15) is 19.4 Å². The molecule has 0 aliphatic heterocycles. The van der Waals surface area contributed by atoms with Crippen LogP contribution in [0.25, 0.3) is 0 Å². The summed E-state index contributed by atoms with van der Waals surface area (Å²) in [6, 6.07) is 0. The Kier molecular flexibility index (Phi) is 44.6. The van der Waals surface area contributed by atoms with Gasteiger partial charge in [0.1, 0.15) is 12.2 Å². The zero-order chi connectivity index (χ0) is 41.8. The van der Waals surface area contributed by atoms with Gasteiger partial charge in [-0.25, -0.2) is 4.57 Å². The van der Waals surface area contributed by atoms with Gasteiger partial charge in [0.05, 0.1) is 26.4 Å². The molecule has 0 rings (SSSR count). The Hall–Kier alpha value is -0.540. The molecule has 0 saturated carbocycles. The number of ether oxygens (including phenoxy) is 2. The largest absolute Gasteiger partial charge is 0.472 e. The Morgan fingerprint density at radius 1 is 0.474 bits per heavy atom. The molecule has 0 bridgehead atoms. The maximum absolute atomic E-state index is 12.7. The molecule has 0 fully saturated rings. The highest BCUT2D eigenvalue weighted by molar-refractivity contribution is 7.47. The van der Waals surface area contributed by atoms with Crippen molar-refractivity contribution in [2.24, 2.45) is 0 Å². The van der Waals surface area contributed by atoms with Gasteiger partial charge in [-0.1, -0.05) is 232 Å². The topological polar surface area (TPSA) is 132 Å². The van der Waals surface area contributed by atoms with Crippen molar-refractivity contribution in [3.05, 3.63) is 0 Å². The molecule has 57 heavy (non-hydrogen) atoms. The van der Waals surface area contributed by atoms with Gasteiger partial charge in [0.25, 0.3) is 0 Å². The number of hydrogen-bond donors (Lipinski definition) is 3. The minimum atomic E-state index is -4.51. The lowest BCUT2D eigenvalue weighted by atomic mass is 10.0. The van der Waals surface area contributed by atoms with Crippen molar-refractivity contribution in [3.63, 3.8) is 0 Å². The van der Waals surface area contributed by atoms with Gasteiger partial charge in [-0.2, -0.15) is 0 Å². The van der Waals surface area contributed by atoms with E-state index in [4.69, 9.17) is 23.6 Å². The van der Waals surface area contributed by atoms with Gasteiger partial charge >= 0.3 is 13.8 Å². The van der Waals surface area contributed by atoms with Crippen molar-refractivity contribution in [1.29, 1.82) is 0 Å². The van der Waals surface area contributed by atoms with E-state index in [1.54, 1.807) is 0 Å². The van der Waals surface area contributed by atoms with Crippen LogP contribution in [0.3, 0.4) is 0 Å². The normalized spacial score (nSPS) is 13.8. The van der Waals surface area contributed by atoms with Crippen LogP contribution in [-0.4, -0.2) is 66.3 Å². The van der Waals surface area contributed by atoms with Crippen LogP contribution in [-0.2, 0) is 27.9 Å². The number of rotatable bonds is 48. The fourth-order valence-electron chi connectivity index (χ4n) is 7.30. The first-order chi connectivity index (χ1) is 27.8. The Bertz CT molecular complexity index is 861. The maximum Gasteiger partial charge on any atom is 0.472 e. The Balaban J connectivity index is 4.01. The van der Waals surface area contributed by atoms with Crippen molar-refractivity contribution >= 4 is 13.8 Å². The third-order valence-electron chi connectivity index (χ3n) is 11.0. The van der Waals surface area contributed by atoms with E-state index in [-0.39, 0.29) is 25.6 Å². The lowest BCUT2D eigenvalue weighted by molar-refractivity contribution is -0.154. The molecule has 0 heterocycles. The molecule has 0 aliphatic carbocycles. The SMILES string of the molecule is CCCCCCCCCCCCCCCCCCCCCCCCC(=O)OC(COCCCCCCCCCCCCCCCC)COP(=O)(O)OCC(O)CO. The van der Waals surface area contributed by atoms with Crippen LogP contribution in [0.5, 0.6) is 0 Å². The molecular weight excluding hydrogens is 739 g/mol. The van der Waals surface area contributed by atoms with Gasteiger partial charge in [0, 0.05) is 13.0 Å². The van der Waals surface area contributed by atoms with Crippen LogP contribution in [0.2, 0.25) is 0 Å². The molecule has 0 radical (unpaired) electrons. The molecule has 0 saturated heterocycles. The van der Waals surface area contributed by atoms with E-state index in [0.29, 0.717) is 6.61 Å². The van der Waals surface area contributed by atoms with Crippen LogP contribution in [0, 0.1) is 0 Å². The zero-order valence-corrected chi connectivity index (χ0v) is 38.5. The van der Waals surface area contributed by atoms with Crippen molar-refractivity contribution < 1.29 is 43.0 Å². The maximum atomic E-state index is 12.7. The van der Waals surface area contributed by atoms with Crippen molar-refractivity contribution in [1.82, 2.24) is 0 Å². The minimum absolute atomic E-state index is 0.0583. The summed E-state index contributed by atoms with van der Waals surface area (Å²) in [7, 11) is -4.51. The van der Waals surface area contributed by atoms with Gasteiger partial charge in [-0.05, 0) is 12.8 Å². The van der Waals surface area contributed by atoms with E-state index in [2.05, 4.69) is 13.8 Å². The number of carbonyl (C=O) groups is 1. The van der Waals surface area contributed by atoms with Crippen molar-refractivity contribution in [3.8, 4) is 0 Å². The molecule has 0 aromatic carbocycles. The van der Waals surface area contributed by atoms with E-state index in [1.807, 2.05) is 0 Å². The second-order valence-electron chi connectivity index (χ2n) is 16.9. The van der Waals surface area contributed by atoms with Crippen molar-refractivity contribution in [2.75, 3.05) is 33.0 Å². The van der Waals surface area contributed by atoms with Crippen LogP contribution < -0.4 is 0 Å². The first-order valence-electron chi connectivity index (χ1n) is 24.5. The average Bonchev–Trinajstić information content (AvgIpc) is 3.20. The number of phosphoric ester groups is 1. The molecule has 0 aromatic rings. The van der Waals surface area contributed by atoms with Crippen molar-refractivity contribution in [2.45, 2.75) is 264 Å². The van der Waals surface area contributed by atoms with E-state index in [0.717, 1.165) is 32.1 Å². The second kappa shape index (κ2) is 45.0. The van der Waals surface area contributed by atoms with Gasteiger partial charge in [0.15, 0.2) is 0 Å². The molecule has 0 aromatic heterocycles. The summed E-state index contributed by atoms with van der Waals surface area (Å²) < 4.78 is 33.5. The lowest BCUT2D eigenvalue weighted by Gasteiger charge is -2.20. The Labute approximate surface area is 352 Å². The first kappa shape index (κ1) is 56.5. The third-order valence-corrected chi connectivity index (χ3v) is 12.0. The highest BCUT2D eigenvalue weighted by Gasteiger charge is 2.26. The molecule has 0 aliphatic rings. The molecule has 0 spiro atoms. The number of unbranched alkanes of at least 4 members (excludes halogenated alkanes) is 34. The fourth-order valence-corrected chi connectivity index (χ4v) is 8.09. The van der Waals surface area contributed by atoms with Gasteiger partial charge in [-0.3, -0.25) is 13.8 Å². The van der Waals surface area contributed by atoms with Crippen LogP contribution in [0.4, 0.5) is 0 Å². The molecule has 3 atom stereocenters. The monoisotopic (exact) mass is 835 g/mol. The molecule has 9 nitrogen and oxygen atoms in total. The van der Waals surface area contributed by atoms with Gasteiger partial charge in [0.2, 0.25) is 0 Å². The van der Waals surface area contributed by atoms with E-state index in [1.165, 1.54) is 199 Å². The third kappa shape index (κ3) is 44.8. The number of aliphatic hydroxyl groups excluding tert-OH is 2. The summed E-state index contributed by atoms with van der Waals surface area (Å²) in [4.78, 5) is 22.6. The quantitative estimate of drug-likeness (QED) is 0.0311. The molecule has 3 unspecified atom stereocenters. The van der Waals surface area contributed by atoms with E-state index >= 15 is 0 Å². The average molecular weight is 835 g/mol. The number of aliphatic hydroxyl groups is 2. The number of phosphoric acid groups is 1. The molecule has 0 amide bonds. The molecule has 342 valence electrons. The highest BCUT2D eigenvalue weighted by Crippen LogP contribution is 2.43. The summed E-state index contributed by atoms with van der Waals surface area (Å²) in [6.45, 7) is 3.59. The minimum Gasteiger partial charge on any atom is -0.457 e. The molecule has 10 heteroatoms. The summed E-state index contributed by atoms with van der Waals surface area (Å²) >= 11 is 0. The number of esters is 1. The first-order valence-corrected chi connectivity index (χ1v) is 26.0. The number of hydrogen-bond acceptors (Lipinski definition) is 8. The number of carbonyl (C=O) groups excluding carboxylic acids is 1. The summed E-state index contributed by atoms with van der Waals surface area (Å²) in [5.74, 6) is -0.374. The molecule has 3 N–H and O–H groups in total. The summed E-state index contributed by atoms with van der Waals surface area (Å²) in [5.41, 5.74) is 0. The predicted molar refractivity (Wildman–Crippen MR) is 238 cm³/mol. The summed E-state index contributed by atoms with van der Waals surface area (Å²) in [6.07, 6.45) is 45.0. The fraction of sp³-hybridized carbons (Fsp3) is 0.979. The summed E-state index contributed by atoms with van der Waals surface area (Å²) in [5, 5.41) is 18.4. The zero-order valence-electron chi connectivity index (χ0n) is 37.6. The molecular formula is C47H95O9P. The van der Waals surface area contributed by atoms with Crippen LogP contribution >= 0.6 is 7.82 Å². The predicted octanol–water partition coefficient (Wildman–Crippen LogP) is 13.9.